The molecule has 38 heavy (non-hydrogen) atoms. The Balaban J connectivity index is 1.35. The van der Waals surface area contributed by atoms with Crippen molar-refractivity contribution >= 4 is 61.1 Å². The molecule has 3 amide bonds. The Morgan fingerprint density at radius 2 is 1.66 bits per heavy atom. The molecule has 1 fully saturated rings. The number of carbonyl (C=O) groups is 3. The van der Waals surface area contributed by atoms with Crippen molar-refractivity contribution in [2.24, 2.45) is 0 Å². The number of hydrogen-bond acceptors (Lipinski definition) is 4. The Hall–Kier alpha value is -3.44. The van der Waals surface area contributed by atoms with Crippen LogP contribution in [0.2, 0.25) is 0 Å². The lowest BCUT2D eigenvalue weighted by Gasteiger charge is -2.31. The summed E-state index contributed by atoms with van der Waals surface area (Å²) in [5.41, 5.74) is 1.87. The molecular weight excluding hydrogens is 625 g/mol. The van der Waals surface area contributed by atoms with Gasteiger partial charge in [-0.05, 0) is 92.4 Å². The van der Waals surface area contributed by atoms with E-state index < -0.39 is 17.8 Å². The van der Waals surface area contributed by atoms with E-state index in [1.165, 1.54) is 29.2 Å². The standard InChI is InChI=1S/C27H24Br2FN3O5/c28-20-4-1-2-5-22(20)31-26(37)32-23-11-6-17(14-21(23)29)15-24(34)33-13-3-12-27(33,30)16-38-19-9-7-18(8-10-19)25(35)36/h1-2,4-11,14H,3,12-13,15-16H2,(H,35,36)(H2,31,32,37)/t27-/m1/s1. The molecule has 3 aromatic carbocycles. The van der Waals surface area contributed by atoms with Gasteiger partial charge in [0, 0.05) is 21.9 Å². The minimum Gasteiger partial charge on any atom is -0.488 e. The number of amides is 3. The second-order valence-corrected chi connectivity index (χ2v) is 10.4. The second kappa shape index (κ2) is 12.0. The van der Waals surface area contributed by atoms with E-state index in [1.54, 1.807) is 30.3 Å². The van der Waals surface area contributed by atoms with E-state index in [-0.39, 0.29) is 37.5 Å². The van der Waals surface area contributed by atoms with Gasteiger partial charge in [0.25, 0.3) is 0 Å². The highest BCUT2D eigenvalue weighted by molar-refractivity contribution is 9.11. The molecule has 1 atom stereocenters. The summed E-state index contributed by atoms with van der Waals surface area (Å²) in [6, 6.07) is 17.5. The van der Waals surface area contributed by atoms with Gasteiger partial charge in [0.2, 0.25) is 11.7 Å². The normalized spacial score (nSPS) is 16.7. The third-order valence-corrected chi connectivity index (χ3v) is 7.39. The number of halogens is 3. The molecule has 0 radical (unpaired) electrons. The number of para-hydroxylation sites is 1. The predicted octanol–water partition coefficient (Wildman–Crippen LogP) is 6.46. The van der Waals surface area contributed by atoms with Crippen molar-refractivity contribution in [2.45, 2.75) is 25.1 Å². The van der Waals surface area contributed by atoms with Crippen molar-refractivity contribution < 1.29 is 28.6 Å². The van der Waals surface area contributed by atoms with E-state index in [1.807, 2.05) is 12.1 Å². The summed E-state index contributed by atoms with van der Waals surface area (Å²) in [5, 5.41) is 14.5. The van der Waals surface area contributed by atoms with Gasteiger partial charge in [-0.25, -0.2) is 14.0 Å². The molecule has 0 bridgehead atoms. The van der Waals surface area contributed by atoms with Crippen LogP contribution in [0.3, 0.4) is 0 Å². The largest absolute Gasteiger partial charge is 0.488 e. The molecule has 1 heterocycles. The number of benzene rings is 3. The summed E-state index contributed by atoms with van der Waals surface area (Å²) >= 11 is 6.81. The van der Waals surface area contributed by atoms with Gasteiger partial charge in [-0.3, -0.25) is 4.79 Å². The molecule has 1 aliphatic heterocycles. The average Bonchev–Trinajstić information content (AvgIpc) is 3.28. The molecule has 0 unspecified atom stereocenters. The molecule has 0 saturated carbocycles. The number of likely N-dealkylation sites (tertiary alicyclic amines) is 1. The van der Waals surface area contributed by atoms with Crippen molar-refractivity contribution in [1.82, 2.24) is 4.90 Å². The Bertz CT molecular complexity index is 1350. The summed E-state index contributed by atoms with van der Waals surface area (Å²) in [6.45, 7) is -0.0863. The topological polar surface area (TPSA) is 108 Å². The first kappa shape index (κ1) is 27.6. The highest BCUT2D eigenvalue weighted by atomic mass is 79.9. The van der Waals surface area contributed by atoms with E-state index in [0.29, 0.717) is 33.6 Å². The molecule has 4 rings (SSSR count). The summed E-state index contributed by atoms with van der Waals surface area (Å²) < 4.78 is 22.6. The maximum Gasteiger partial charge on any atom is 0.335 e. The highest BCUT2D eigenvalue weighted by Gasteiger charge is 2.44. The lowest BCUT2D eigenvalue weighted by Crippen LogP contribution is -2.48. The van der Waals surface area contributed by atoms with E-state index in [9.17, 15) is 14.4 Å². The van der Waals surface area contributed by atoms with Gasteiger partial charge in [-0.1, -0.05) is 18.2 Å². The molecule has 11 heteroatoms. The summed E-state index contributed by atoms with van der Waals surface area (Å²) in [4.78, 5) is 37.6. The molecule has 3 aromatic rings. The Kier molecular flexibility index (Phi) is 8.68. The molecule has 0 aliphatic carbocycles. The third kappa shape index (κ3) is 6.70. The first-order valence-corrected chi connectivity index (χ1v) is 13.3. The number of ether oxygens (including phenoxy) is 1. The number of alkyl halides is 1. The summed E-state index contributed by atoms with van der Waals surface area (Å²) in [6.07, 6.45) is 0.620. The van der Waals surface area contributed by atoms with Crippen LogP contribution in [0.5, 0.6) is 5.75 Å². The number of urea groups is 1. The number of carboxylic acid groups (broad SMARTS) is 1. The lowest BCUT2D eigenvalue weighted by molar-refractivity contribution is -0.144. The maximum absolute atomic E-state index is 15.7. The quantitative estimate of drug-likeness (QED) is 0.243. The van der Waals surface area contributed by atoms with Gasteiger partial charge < -0.3 is 25.4 Å². The molecule has 0 aromatic heterocycles. The van der Waals surface area contributed by atoms with Gasteiger partial charge in [0.05, 0.1) is 23.4 Å². The summed E-state index contributed by atoms with van der Waals surface area (Å²) in [7, 11) is 0. The van der Waals surface area contributed by atoms with Crippen LogP contribution in [0.4, 0.5) is 20.6 Å². The Morgan fingerprint density at radius 3 is 2.32 bits per heavy atom. The van der Waals surface area contributed by atoms with Crippen LogP contribution in [0.1, 0.15) is 28.8 Å². The lowest BCUT2D eigenvalue weighted by atomic mass is 10.1. The Labute approximate surface area is 235 Å². The number of hydrogen-bond donors (Lipinski definition) is 3. The first-order valence-electron chi connectivity index (χ1n) is 11.7. The van der Waals surface area contributed by atoms with Gasteiger partial charge in [0.1, 0.15) is 12.4 Å². The molecule has 1 saturated heterocycles. The number of carbonyl (C=O) groups excluding carboxylic acids is 2. The molecule has 8 nitrogen and oxygen atoms in total. The fraction of sp³-hybridized carbons (Fsp3) is 0.222. The van der Waals surface area contributed by atoms with E-state index in [2.05, 4.69) is 42.5 Å². The minimum atomic E-state index is -1.97. The number of nitrogens with zero attached hydrogens (tertiary/aromatic N) is 1. The smallest absolute Gasteiger partial charge is 0.335 e. The van der Waals surface area contributed by atoms with E-state index in [4.69, 9.17) is 9.84 Å². The van der Waals surface area contributed by atoms with Gasteiger partial charge >= 0.3 is 12.0 Å². The van der Waals surface area contributed by atoms with Gasteiger partial charge in [0.15, 0.2) is 0 Å². The number of anilines is 2. The molecule has 3 N–H and O–H groups in total. The van der Waals surface area contributed by atoms with Gasteiger partial charge in [-0.15, -0.1) is 0 Å². The zero-order valence-electron chi connectivity index (χ0n) is 20.0. The van der Waals surface area contributed by atoms with Crippen LogP contribution >= 0.6 is 31.9 Å². The van der Waals surface area contributed by atoms with Crippen LogP contribution in [0.25, 0.3) is 0 Å². The molecule has 198 valence electrons. The average molecular weight is 649 g/mol. The minimum absolute atomic E-state index is 0.0268. The SMILES string of the molecule is O=C(Nc1ccccc1Br)Nc1ccc(CC(=O)N2CCC[C@]2(F)COc2ccc(C(=O)O)cc2)cc1Br. The number of rotatable bonds is 8. The van der Waals surface area contributed by atoms with Crippen molar-refractivity contribution in [2.75, 3.05) is 23.8 Å². The predicted molar refractivity (Wildman–Crippen MR) is 148 cm³/mol. The Morgan fingerprint density at radius 1 is 0.974 bits per heavy atom. The first-order chi connectivity index (χ1) is 18.1. The van der Waals surface area contributed by atoms with Crippen LogP contribution in [-0.4, -0.2) is 46.9 Å². The fourth-order valence-electron chi connectivity index (χ4n) is 4.11. The van der Waals surface area contributed by atoms with Crippen LogP contribution in [-0.2, 0) is 11.2 Å². The zero-order valence-corrected chi connectivity index (χ0v) is 23.2. The highest BCUT2D eigenvalue weighted by Crippen LogP contribution is 2.33. The van der Waals surface area contributed by atoms with Crippen LogP contribution in [0.15, 0.2) is 75.7 Å². The molecule has 1 aliphatic rings. The van der Waals surface area contributed by atoms with E-state index in [0.717, 1.165) is 4.47 Å². The fourth-order valence-corrected chi connectivity index (χ4v) is 5.02. The van der Waals surface area contributed by atoms with Crippen molar-refractivity contribution in [3.63, 3.8) is 0 Å². The monoisotopic (exact) mass is 647 g/mol. The number of aromatic carboxylic acids is 1. The van der Waals surface area contributed by atoms with Crippen LogP contribution < -0.4 is 15.4 Å². The van der Waals surface area contributed by atoms with E-state index >= 15 is 4.39 Å². The summed E-state index contributed by atoms with van der Waals surface area (Å²) in [5.74, 6) is -3.09. The second-order valence-electron chi connectivity index (χ2n) is 8.74. The van der Waals surface area contributed by atoms with Crippen molar-refractivity contribution in [1.29, 1.82) is 0 Å². The number of nitrogens with one attached hydrogen (secondary N) is 2. The van der Waals surface area contributed by atoms with Crippen molar-refractivity contribution in [3.05, 3.63) is 86.8 Å². The molecular formula is C27H24Br2FN3O5. The zero-order chi connectivity index (χ0) is 27.3. The maximum atomic E-state index is 15.7. The third-order valence-electron chi connectivity index (χ3n) is 6.05. The van der Waals surface area contributed by atoms with Gasteiger partial charge in [-0.2, -0.15) is 0 Å². The van der Waals surface area contributed by atoms with Crippen molar-refractivity contribution in [3.8, 4) is 5.75 Å². The molecule has 0 spiro atoms. The number of carboxylic acids is 1. The van der Waals surface area contributed by atoms with Crippen LogP contribution in [0, 0.1) is 0 Å².